The maximum atomic E-state index is 11.2. The van der Waals surface area contributed by atoms with Crippen LogP contribution in [0.5, 0.6) is 5.75 Å². The molecule has 98 valence electrons. The summed E-state index contributed by atoms with van der Waals surface area (Å²) in [5, 5.41) is 11.2. The molecule has 0 spiro atoms. The second-order valence-electron chi connectivity index (χ2n) is 4.24. The molecule has 0 unspecified atom stereocenters. The number of benzene rings is 2. The van der Waals surface area contributed by atoms with E-state index in [1.807, 2.05) is 6.92 Å². The Morgan fingerprint density at radius 2 is 1.84 bits per heavy atom. The van der Waals surface area contributed by atoms with Gasteiger partial charge in [-0.1, -0.05) is 12.1 Å². The van der Waals surface area contributed by atoms with Crippen molar-refractivity contribution in [3.05, 3.63) is 52.1 Å². The van der Waals surface area contributed by atoms with Crippen LogP contribution in [0.2, 0.25) is 0 Å². The Hall–Kier alpha value is -2.56. The van der Waals surface area contributed by atoms with E-state index in [2.05, 4.69) is 0 Å². The lowest BCUT2D eigenvalue weighted by Crippen LogP contribution is -1.99. The highest BCUT2D eigenvalue weighted by Crippen LogP contribution is 2.36. The Bertz CT molecular complexity index is 621. The maximum absolute atomic E-state index is 11.2. The van der Waals surface area contributed by atoms with Crippen LogP contribution in [0.4, 0.5) is 11.4 Å². The Balaban J connectivity index is 2.62. The normalized spacial score (nSPS) is 10.2. The number of methoxy groups -OCH3 is 1. The Labute approximate surface area is 110 Å². The molecule has 0 saturated carbocycles. The molecule has 19 heavy (non-hydrogen) atoms. The van der Waals surface area contributed by atoms with Crippen LogP contribution in [0.25, 0.3) is 11.1 Å². The smallest absolute Gasteiger partial charge is 0.299 e. The molecule has 5 heteroatoms. The van der Waals surface area contributed by atoms with E-state index in [1.165, 1.54) is 0 Å². The highest BCUT2D eigenvalue weighted by molar-refractivity contribution is 5.82. The molecular weight excluding hydrogens is 244 g/mol. The Kier molecular flexibility index (Phi) is 3.37. The average molecular weight is 258 g/mol. The minimum Gasteiger partial charge on any atom is -0.497 e. The van der Waals surface area contributed by atoms with Crippen LogP contribution in [0.3, 0.4) is 0 Å². The molecule has 5 nitrogen and oxygen atoms in total. The third kappa shape index (κ3) is 2.49. The van der Waals surface area contributed by atoms with E-state index >= 15 is 0 Å². The third-order valence-corrected chi connectivity index (χ3v) is 2.87. The minimum absolute atomic E-state index is 0.0595. The van der Waals surface area contributed by atoms with Gasteiger partial charge >= 0.3 is 0 Å². The summed E-state index contributed by atoms with van der Waals surface area (Å²) < 4.78 is 5.07. The lowest BCUT2D eigenvalue weighted by molar-refractivity contribution is -0.383. The fraction of sp³-hybridized carbons (Fsp3) is 0.143. The van der Waals surface area contributed by atoms with Gasteiger partial charge in [0, 0.05) is 0 Å². The number of nitro groups is 1. The second kappa shape index (κ2) is 4.97. The SMILES string of the molecule is COc1ccc(-c2cc(C)cc(N)c2[N+](=O)[O-])cc1. The first-order valence-electron chi connectivity index (χ1n) is 5.72. The van der Waals surface area contributed by atoms with Gasteiger partial charge in [-0.05, 0) is 42.3 Å². The van der Waals surface area contributed by atoms with E-state index in [4.69, 9.17) is 10.5 Å². The monoisotopic (exact) mass is 258 g/mol. The van der Waals surface area contributed by atoms with Crippen LogP contribution in [0, 0.1) is 17.0 Å². The van der Waals surface area contributed by atoms with Gasteiger partial charge in [-0.15, -0.1) is 0 Å². The van der Waals surface area contributed by atoms with Crippen LogP contribution in [-0.4, -0.2) is 12.0 Å². The first-order valence-corrected chi connectivity index (χ1v) is 5.72. The van der Waals surface area contributed by atoms with Gasteiger partial charge in [-0.3, -0.25) is 10.1 Å². The van der Waals surface area contributed by atoms with Crippen molar-refractivity contribution in [2.24, 2.45) is 0 Å². The fourth-order valence-corrected chi connectivity index (χ4v) is 2.00. The predicted octanol–water partition coefficient (Wildman–Crippen LogP) is 3.16. The zero-order chi connectivity index (χ0) is 14.0. The lowest BCUT2D eigenvalue weighted by Gasteiger charge is -2.08. The van der Waals surface area contributed by atoms with E-state index in [0.717, 1.165) is 11.1 Å². The predicted molar refractivity (Wildman–Crippen MR) is 74.2 cm³/mol. The summed E-state index contributed by atoms with van der Waals surface area (Å²) >= 11 is 0. The van der Waals surface area contributed by atoms with Gasteiger partial charge in [0.2, 0.25) is 0 Å². The van der Waals surface area contributed by atoms with Crippen molar-refractivity contribution in [1.29, 1.82) is 0 Å². The molecule has 2 aromatic rings. The van der Waals surface area contributed by atoms with Gasteiger partial charge in [0.1, 0.15) is 11.4 Å². The zero-order valence-electron chi connectivity index (χ0n) is 10.7. The van der Waals surface area contributed by atoms with Gasteiger partial charge in [0.25, 0.3) is 5.69 Å². The number of hydrogen-bond acceptors (Lipinski definition) is 4. The molecule has 0 radical (unpaired) electrons. The molecule has 0 atom stereocenters. The van der Waals surface area contributed by atoms with Gasteiger partial charge in [-0.2, -0.15) is 0 Å². The molecular formula is C14H14N2O3. The molecule has 0 bridgehead atoms. The summed E-state index contributed by atoms with van der Waals surface area (Å²) in [7, 11) is 1.57. The van der Waals surface area contributed by atoms with E-state index < -0.39 is 4.92 Å². The maximum Gasteiger partial charge on any atom is 0.299 e. The van der Waals surface area contributed by atoms with E-state index in [1.54, 1.807) is 43.5 Å². The van der Waals surface area contributed by atoms with Crippen molar-refractivity contribution in [3.8, 4) is 16.9 Å². The van der Waals surface area contributed by atoms with Crippen molar-refractivity contribution in [2.75, 3.05) is 12.8 Å². The molecule has 0 heterocycles. The molecule has 2 N–H and O–H groups in total. The molecule has 0 amide bonds. The number of nitrogen functional groups attached to an aromatic ring is 1. The fourth-order valence-electron chi connectivity index (χ4n) is 2.00. The number of nitro benzene ring substituents is 1. The number of hydrogen-bond donors (Lipinski definition) is 1. The van der Waals surface area contributed by atoms with Gasteiger partial charge < -0.3 is 10.5 Å². The van der Waals surface area contributed by atoms with Crippen molar-refractivity contribution in [1.82, 2.24) is 0 Å². The Morgan fingerprint density at radius 1 is 1.21 bits per heavy atom. The van der Waals surface area contributed by atoms with Crippen molar-refractivity contribution < 1.29 is 9.66 Å². The third-order valence-electron chi connectivity index (χ3n) is 2.87. The van der Waals surface area contributed by atoms with Gasteiger partial charge in [0.05, 0.1) is 17.6 Å². The minimum atomic E-state index is -0.450. The summed E-state index contributed by atoms with van der Waals surface area (Å²) in [6, 6.07) is 10.4. The Morgan fingerprint density at radius 3 is 2.37 bits per heavy atom. The molecule has 2 rings (SSSR count). The zero-order valence-corrected chi connectivity index (χ0v) is 10.7. The van der Waals surface area contributed by atoms with Crippen LogP contribution < -0.4 is 10.5 Å². The molecule has 0 aliphatic rings. The van der Waals surface area contributed by atoms with Crippen LogP contribution in [-0.2, 0) is 0 Å². The molecule has 0 aromatic heterocycles. The molecule has 2 aromatic carbocycles. The number of nitrogens with two attached hydrogens (primary N) is 1. The van der Waals surface area contributed by atoms with Crippen molar-refractivity contribution >= 4 is 11.4 Å². The average Bonchev–Trinajstić information content (AvgIpc) is 2.37. The molecule has 0 saturated heterocycles. The first kappa shape index (κ1) is 12.9. The number of anilines is 1. The topological polar surface area (TPSA) is 78.4 Å². The number of rotatable bonds is 3. The second-order valence-corrected chi connectivity index (χ2v) is 4.24. The lowest BCUT2D eigenvalue weighted by atomic mass is 10.00. The molecule has 0 aliphatic heterocycles. The highest BCUT2D eigenvalue weighted by Gasteiger charge is 2.19. The summed E-state index contributed by atoms with van der Waals surface area (Å²) in [4.78, 5) is 10.7. The molecule has 0 aliphatic carbocycles. The van der Waals surface area contributed by atoms with Gasteiger partial charge in [-0.25, -0.2) is 0 Å². The first-order chi connectivity index (χ1) is 9.02. The highest BCUT2D eigenvalue weighted by atomic mass is 16.6. The molecule has 0 fully saturated rings. The van der Waals surface area contributed by atoms with Crippen LogP contribution in [0.15, 0.2) is 36.4 Å². The standard InChI is InChI=1S/C14H14N2O3/c1-9-7-12(14(16(17)18)13(15)8-9)10-3-5-11(19-2)6-4-10/h3-8H,15H2,1-2H3. The van der Waals surface area contributed by atoms with Crippen molar-refractivity contribution in [3.63, 3.8) is 0 Å². The van der Waals surface area contributed by atoms with Crippen LogP contribution in [0.1, 0.15) is 5.56 Å². The number of nitrogens with zero attached hydrogens (tertiary/aromatic N) is 1. The summed E-state index contributed by atoms with van der Waals surface area (Å²) in [6.07, 6.45) is 0. The summed E-state index contributed by atoms with van der Waals surface area (Å²) in [5.74, 6) is 0.701. The van der Waals surface area contributed by atoms with E-state index in [-0.39, 0.29) is 11.4 Å². The van der Waals surface area contributed by atoms with E-state index in [0.29, 0.717) is 11.3 Å². The van der Waals surface area contributed by atoms with Crippen LogP contribution >= 0.6 is 0 Å². The van der Waals surface area contributed by atoms with Crippen molar-refractivity contribution in [2.45, 2.75) is 6.92 Å². The summed E-state index contributed by atoms with van der Waals surface area (Å²) in [5.41, 5.74) is 8.01. The number of ether oxygens (including phenoxy) is 1. The van der Waals surface area contributed by atoms with Gasteiger partial charge in [0.15, 0.2) is 0 Å². The quantitative estimate of drug-likeness (QED) is 0.521. The van der Waals surface area contributed by atoms with E-state index in [9.17, 15) is 10.1 Å². The largest absolute Gasteiger partial charge is 0.497 e. The summed E-state index contributed by atoms with van der Waals surface area (Å²) in [6.45, 7) is 1.85. The number of aryl methyl sites for hydroxylation is 1.